The number of alkyl halides is 1. The van der Waals surface area contributed by atoms with Gasteiger partial charge in [-0.15, -0.1) is 11.6 Å². The van der Waals surface area contributed by atoms with E-state index < -0.39 is 0 Å². The Morgan fingerprint density at radius 3 is 2.89 bits per heavy atom. The maximum Gasteiger partial charge on any atom is 0.125 e. The standard InChI is InChI=1S/C13H10Cl2N2S/c14-6-13-16-11-5-10(15)1-2-12(11)17(13)7-9-3-4-18-8-9/h1-5,8H,6-7H2. The number of aromatic nitrogens is 2. The van der Waals surface area contributed by atoms with Gasteiger partial charge in [-0.2, -0.15) is 11.3 Å². The number of hydrogen-bond donors (Lipinski definition) is 0. The monoisotopic (exact) mass is 296 g/mol. The summed E-state index contributed by atoms with van der Waals surface area (Å²) in [6, 6.07) is 7.86. The molecule has 0 bridgehead atoms. The van der Waals surface area contributed by atoms with Gasteiger partial charge in [0, 0.05) is 5.02 Å². The van der Waals surface area contributed by atoms with Crippen LogP contribution in [0.2, 0.25) is 5.02 Å². The molecule has 5 heteroatoms. The van der Waals surface area contributed by atoms with Gasteiger partial charge in [-0.25, -0.2) is 4.98 Å². The molecule has 3 rings (SSSR count). The van der Waals surface area contributed by atoms with E-state index in [1.165, 1.54) is 5.56 Å². The van der Waals surface area contributed by atoms with Gasteiger partial charge in [0.15, 0.2) is 0 Å². The fraction of sp³-hybridized carbons (Fsp3) is 0.154. The second-order valence-corrected chi connectivity index (χ2v) is 5.50. The van der Waals surface area contributed by atoms with E-state index in [-0.39, 0.29) is 0 Å². The van der Waals surface area contributed by atoms with Crippen molar-refractivity contribution < 1.29 is 0 Å². The maximum absolute atomic E-state index is 5.99. The van der Waals surface area contributed by atoms with Gasteiger partial charge in [-0.3, -0.25) is 0 Å². The van der Waals surface area contributed by atoms with Crippen LogP contribution < -0.4 is 0 Å². The highest BCUT2D eigenvalue weighted by Crippen LogP contribution is 2.23. The van der Waals surface area contributed by atoms with Crippen LogP contribution in [0.1, 0.15) is 11.4 Å². The third-order valence-electron chi connectivity index (χ3n) is 2.83. The molecule has 0 fully saturated rings. The predicted molar refractivity (Wildman–Crippen MR) is 77.7 cm³/mol. The van der Waals surface area contributed by atoms with Crippen molar-refractivity contribution in [3.8, 4) is 0 Å². The van der Waals surface area contributed by atoms with Gasteiger partial charge in [0.25, 0.3) is 0 Å². The van der Waals surface area contributed by atoms with E-state index in [1.807, 2.05) is 18.2 Å². The zero-order chi connectivity index (χ0) is 12.5. The van der Waals surface area contributed by atoms with E-state index >= 15 is 0 Å². The molecule has 18 heavy (non-hydrogen) atoms. The fourth-order valence-electron chi connectivity index (χ4n) is 2.00. The molecule has 2 aromatic heterocycles. The molecule has 0 aliphatic heterocycles. The van der Waals surface area contributed by atoms with Gasteiger partial charge in [-0.05, 0) is 40.6 Å². The lowest BCUT2D eigenvalue weighted by atomic mass is 10.3. The molecule has 0 saturated heterocycles. The second kappa shape index (κ2) is 4.92. The third kappa shape index (κ3) is 2.14. The van der Waals surface area contributed by atoms with Crippen molar-refractivity contribution in [2.24, 2.45) is 0 Å². The molecule has 0 spiro atoms. The first-order chi connectivity index (χ1) is 8.78. The number of thiophene rings is 1. The number of hydrogen-bond acceptors (Lipinski definition) is 2. The molecule has 0 amide bonds. The van der Waals surface area contributed by atoms with E-state index in [0.29, 0.717) is 10.9 Å². The van der Waals surface area contributed by atoms with Crippen LogP contribution in [0.25, 0.3) is 11.0 Å². The summed E-state index contributed by atoms with van der Waals surface area (Å²) in [7, 11) is 0. The van der Waals surface area contributed by atoms with Gasteiger partial charge in [0.1, 0.15) is 5.82 Å². The second-order valence-electron chi connectivity index (χ2n) is 4.01. The number of benzene rings is 1. The van der Waals surface area contributed by atoms with E-state index in [9.17, 15) is 0 Å². The van der Waals surface area contributed by atoms with Crippen LogP contribution in [-0.2, 0) is 12.4 Å². The Morgan fingerprint density at radius 2 is 2.17 bits per heavy atom. The molecule has 2 nitrogen and oxygen atoms in total. The zero-order valence-corrected chi connectivity index (χ0v) is 11.8. The van der Waals surface area contributed by atoms with Crippen molar-refractivity contribution in [1.29, 1.82) is 0 Å². The van der Waals surface area contributed by atoms with Crippen LogP contribution in [0.3, 0.4) is 0 Å². The summed E-state index contributed by atoms with van der Waals surface area (Å²) in [6.45, 7) is 0.795. The summed E-state index contributed by atoms with van der Waals surface area (Å²) in [6.07, 6.45) is 0. The quantitative estimate of drug-likeness (QED) is 0.649. The fourth-order valence-corrected chi connectivity index (χ4v) is 3.03. The summed E-state index contributed by atoms with van der Waals surface area (Å²) in [4.78, 5) is 4.52. The number of rotatable bonds is 3. The van der Waals surface area contributed by atoms with Crippen LogP contribution in [-0.4, -0.2) is 9.55 Å². The lowest BCUT2D eigenvalue weighted by Gasteiger charge is -2.06. The minimum absolute atomic E-state index is 0.399. The Hall–Kier alpha value is -1.03. The number of halogens is 2. The molecular weight excluding hydrogens is 287 g/mol. The summed E-state index contributed by atoms with van der Waals surface area (Å²) in [5, 5.41) is 4.91. The Balaban J connectivity index is 2.13. The van der Waals surface area contributed by atoms with Crippen molar-refractivity contribution in [2.75, 3.05) is 0 Å². The Kier molecular flexibility index (Phi) is 3.29. The minimum Gasteiger partial charge on any atom is -0.322 e. The van der Waals surface area contributed by atoms with E-state index in [2.05, 4.69) is 26.4 Å². The zero-order valence-electron chi connectivity index (χ0n) is 9.44. The van der Waals surface area contributed by atoms with Crippen molar-refractivity contribution in [1.82, 2.24) is 9.55 Å². The maximum atomic E-state index is 5.99. The SMILES string of the molecule is ClCc1nc2cc(Cl)ccc2n1Cc1ccsc1. The summed E-state index contributed by atoms with van der Waals surface area (Å²) in [5.74, 6) is 1.27. The van der Waals surface area contributed by atoms with E-state index in [1.54, 1.807) is 11.3 Å². The summed E-state index contributed by atoms with van der Waals surface area (Å²) in [5.41, 5.74) is 3.23. The molecular formula is C13H10Cl2N2S. The third-order valence-corrected chi connectivity index (χ3v) is 4.04. The van der Waals surface area contributed by atoms with Gasteiger partial charge in [-0.1, -0.05) is 11.6 Å². The largest absolute Gasteiger partial charge is 0.322 e. The normalized spacial score (nSPS) is 11.2. The molecule has 0 aliphatic rings. The van der Waals surface area contributed by atoms with Crippen LogP contribution in [0.15, 0.2) is 35.0 Å². The van der Waals surface area contributed by atoms with Crippen molar-refractivity contribution in [3.63, 3.8) is 0 Å². The molecule has 0 saturated carbocycles. The van der Waals surface area contributed by atoms with Crippen molar-refractivity contribution in [2.45, 2.75) is 12.4 Å². The molecule has 92 valence electrons. The Bertz CT molecular complexity index is 674. The van der Waals surface area contributed by atoms with E-state index in [4.69, 9.17) is 23.2 Å². The highest BCUT2D eigenvalue weighted by Gasteiger charge is 2.10. The number of fused-ring (bicyclic) bond motifs is 1. The number of nitrogens with zero attached hydrogens (tertiary/aromatic N) is 2. The molecule has 0 unspecified atom stereocenters. The van der Waals surface area contributed by atoms with Crippen molar-refractivity contribution >= 4 is 45.6 Å². The van der Waals surface area contributed by atoms with Crippen LogP contribution in [0, 0.1) is 0 Å². The molecule has 0 atom stereocenters. The molecule has 1 aromatic carbocycles. The Labute approximate surface area is 119 Å². The molecule has 0 N–H and O–H groups in total. The topological polar surface area (TPSA) is 17.8 Å². The molecule has 3 aromatic rings. The van der Waals surface area contributed by atoms with E-state index in [0.717, 1.165) is 23.4 Å². The van der Waals surface area contributed by atoms with Gasteiger partial charge in [0.05, 0.1) is 23.5 Å². The van der Waals surface area contributed by atoms with Crippen LogP contribution in [0.4, 0.5) is 0 Å². The molecule has 0 radical (unpaired) electrons. The van der Waals surface area contributed by atoms with Gasteiger partial charge < -0.3 is 4.57 Å². The first-order valence-electron chi connectivity index (χ1n) is 5.49. The first-order valence-corrected chi connectivity index (χ1v) is 7.35. The van der Waals surface area contributed by atoms with Crippen LogP contribution in [0.5, 0.6) is 0 Å². The van der Waals surface area contributed by atoms with Crippen molar-refractivity contribution in [3.05, 3.63) is 51.4 Å². The smallest absolute Gasteiger partial charge is 0.125 e. The summed E-state index contributed by atoms with van der Waals surface area (Å²) >= 11 is 13.7. The average Bonchev–Trinajstić information content (AvgIpc) is 2.97. The minimum atomic E-state index is 0.399. The number of imidazole rings is 1. The van der Waals surface area contributed by atoms with Gasteiger partial charge in [0.2, 0.25) is 0 Å². The predicted octanol–water partition coefficient (Wildman–Crippen LogP) is 4.54. The highest BCUT2D eigenvalue weighted by molar-refractivity contribution is 7.07. The lowest BCUT2D eigenvalue weighted by molar-refractivity contribution is 0.781. The average molecular weight is 297 g/mol. The first kappa shape index (κ1) is 12.0. The molecule has 0 aliphatic carbocycles. The van der Waals surface area contributed by atoms with Crippen LogP contribution >= 0.6 is 34.5 Å². The summed E-state index contributed by atoms with van der Waals surface area (Å²) < 4.78 is 2.14. The molecule has 2 heterocycles. The van der Waals surface area contributed by atoms with Gasteiger partial charge >= 0.3 is 0 Å². The lowest BCUT2D eigenvalue weighted by Crippen LogP contribution is -2.02. The highest BCUT2D eigenvalue weighted by atomic mass is 35.5. The Morgan fingerprint density at radius 1 is 1.28 bits per heavy atom.